The zero-order valence-electron chi connectivity index (χ0n) is 14.3. The van der Waals surface area contributed by atoms with Gasteiger partial charge in [-0.05, 0) is 37.3 Å². The summed E-state index contributed by atoms with van der Waals surface area (Å²) in [5, 5.41) is 4.05. The molecular formula is C20H17N3O3. The molecule has 0 aliphatic heterocycles. The van der Waals surface area contributed by atoms with Gasteiger partial charge in [0.1, 0.15) is 5.76 Å². The summed E-state index contributed by atoms with van der Waals surface area (Å²) in [5.74, 6) is 1.78. The average Bonchev–Trinajstić information content (AvgIpc) is 3.36. The van der Waals surface area contributed by atoms with Crippen LogP contribution in [0.3, 0.4) is 0 Å². The Balaban J connectivity index is 1.94. The number of hydrogen-bond acceptors (Lipinski definition) is 4. The second-order valence-corrected chi connectivity index (χ2v) is 5.58. The third kappa shape index (κ3) is 3.57. The van der Waals surface area contributed by atoms with E-state index >= 15 is 0 Å². The number of aromatic nitrogens is 2. The maximum Gasteiger partial charge on any atom is 0.299 e. The van der Waals surface area contributed by atoms with Crippen molar-refractivity contribution in [2.45, 2.75) is 20.0 Å². The molecule has 0 radical (unpaired) electrons. The largest absolute Gasteiger partial charge is 0.467 e. The van der Waals surface area contributed by atoms with Crippen molar-refractivity contribution >= 4 is 17.4 Å². The summed E-state index contributed by atoms with van der Waals surface area (Å²) >= 11 is 0. The van der Waals surface area contributed by atoms with Crippen LogP contribution in [0.2, 0.25) is 0 Å². The first-order valence-corrected chi connectivity index (χ1v) is 8.10. The average molecular weight is 347 g/mol. The quantitative estimate of drug-likeness (QED) is 0.391. The molecule has 3 aromatic rings. The normalized spacial score (nSPS) is 10.3. The topological polar surface area (TPSA) is 68.3 Å². The Morgan fingerprint density at radius 1 is 1.31 bits per heavy atom. The third-order valence-corrected chi connectivity index (χ3v) is 3.88. The van der Waals surface area contributed by atoms with Gasteiger partial charge in [-0.15, -0.1) is 6.42 Å². The number of terminal acetylenes is 1. The van der Waals surface area contributed by atoms with Gasteiger partial charge in [-0.2, -0.15) is 5.10 Å². The lowest BCUT2D eigenvalue weighted by Gasteiger charge is -2.21. The second kappa shape index (κ2) is 7.53. The highest BCUT2D eigenvalue weighted by Gasteiger charge is 2.26. The highest BCUT2D eigenvalue weighted by Crippen LogP contribution is 2.20. The Morgan fingerprint density at radius 3 is 2.81 bits per heavy atom. The number of furan rings is 1. The van der Waals surface area contributed by atoms with E-state index in [0.29, 0.717) is 23.6 Å². The molecule has 0 unspecified atom stereocenters. The molecule has 0 aliphatic rings. The van der Waals surface area contributed by atoms with Crippen LogP contribution in [-0.2, 0) is 17.9 Å². The number of nitrogens with zero attached hydrogens (tertiary/aromatic N) is 3. The first kappa shape index (κ1) is 17.2. The number of ketones is 1. The lowest BCUT2D eigenvalue weighted by molar-refractivity contribution is -0.114. The molecule has 26 heavy (non-hydrogen) atoms. The Kier molecular flexibility index (Phi) is 4.99. The smallest absolute Gasteiger partial charge is 0.299 e. The molecule has 6 heteroatoms. The van der Waals surface area contributed by atoms with Crippen molar-refractivity contribution in [2.24, 2.45) is 0 Å². The van der Waals surface area contributed by atoms with Gasteiger partial charge in [0.05, 0.1) is 24.6 Å². The number of aryl methyl sites for hydroxylation is 1. The predicted octanol–water partition coefficient (Wildman–Crippen LogP) is 2.89. The molecular weight excluding hydrogens is 330 g/mol. The molecule has 0 spiro atoms. The van der Waals surface area contributed by atoms with E-state index in [9.17, 15) is 9.59 Å². The third-order valence-electron chi connectivity index (χ3n) is 3.88. The van der Waals surface area contributed by atoms with E-state index in [1.165, 1.54) is 17.4 Å². The molecule has 3 rings (SSSR count). The summed E-state index contributed by atoms with van der Waals surface area (Å²) in [4.78, 5) is 26.9. The van der Waals surface area contributed by atoms with Crippen molar-refractivity contribution in [3.8, 4) is 12.3 Å². The molecule has 130 valence electrons. The molecule has 0 fully saturated rings. The van der Waals surface area contributed by atoms with Gasteiger partial charge in [0.15, 0.2) is 0 Å². The van der Waals surface area contributed by atoms with E-state index in [0.717, 1.165) is 0 Å². The van der Waals surface area contributed by atoms with Crippen LogP contribution >= 0.6 is 0 Å². The summed E-state index contributed by atoms with van der Waals surface area (Å²) in [6.07, 6.45) is 9.92. The van der Waals surface area contributed by atoms with Gasteiger partial charge in [-0.1, -0.05) is 12.0 Å². The van der Waals surface area contributed by atoms with Gasteiger partial charge in [-0.3, -0.25) is 19.2 Å². The van der Waals surface area contributed by atoms with E-state index in [1.54, 1.807) is 47.3 Å². The first-order valence-electron chi connectivity index (χ1n) is 8.10. The molecule has 6 nitrogen and oxygen atoms in total. The number of anilines is 1. The monoisotopic (exact) mass is 347 g/mol. The lowest BCUT2D eigenvalue weighted by atomic mass is 10.1. The zero-order valence-corrected chi connectivity index (χ0v) is 14.3. The first-order chi connectivity index (χ1) is 12.6. The fourth-order valence-corrected chi connectivity index (χ4v) is 2.50. The summed E-state index contributed by atoms with van der Waals surface area (Å²) in [6.45, 7) is 2.63. The Labute approximate surface area is 151 Å². The fraction of sp³-hybridized carbons (Fsp3) is 0.150. The van der Waals surface area contributed by atoms with E-state index in [4.69, 9.17) is 10.8 Å². The molecule has 0 N–H and O–H groups in total. The minimum atomic E-state index is -0.675. The summed E-state index contributed by atoms with van der Waals surface area (Å²) in [5.41, 5.74) is 1.39. The van der Waals surface area contributed by atoms with E-state index in [1.807, 2.05) is 6.92 Å². The van der Waals surface area contributed by atoms with Crippen molar-refractivity contribution in [1.29, 1.82) is 0 Å². The Bertz CT molecular complexity index is 964. The minimum Gasteiger partial charge on any atom is -0.467 e. The minimum absolute atomic E-state index is 0.119. The van der Waals surface area contributed by atoms with Crippen LogP contribution in [0.1, 0.15) is 28.6 Å². The number of carbonyl (C=O) groups is 2. The van der Waals surface area contributed by atoms with E-state index in [-0.39, 0.29) is 12.1 Å². The van der Waals surface area contributed by atoms with Gasteiger partial charge < -0.3 is 4.42 Å². The maximum atomic E-state index is 12.9. The van der Waals surface area contributed by atoms with Crippen molar-refractivity contribution in [3.63, 3.8) is 0 Å². The van der Waals surface area contributed by atoms with Crippen LogP contribution < -0.4 is 4.90 Å². The molecule has 0 atom stereocenters. The van der Waals surface area contributed by atoms with Crippen LogP contribution in [0.5, 0.6) is 0 Å². The number of hydrogen-bond donors (Lipinski definition) is 0. The molecule has 1 amide bonds. The standard InChI is InChI=1S/C20H17N3O3/c1-3-15-7-5-8-17(11-15)23(14-18-9-6-10-26-18)20(25)19(24)16-12-21-22(4-2)13-16/h1,5-13H,4,14H2,2H3. The van der Waals surface area contributed by atoms with Gasteiger partial charge in [0, 0.05) is 24.0 Å². The van der Waals surface area contributed by atoms with Crippen LogP contribution in [0, 0.1) is 12.3 Å². The predicted molar refractivity (Wildman–Crippen MR) is 96.5 cm³/mol. The van der Waals surface area contributed by atoms with Gasteiger partial charge in [0.2, 0.25) is 0 Å². The molecule has 0 aliphatic carbocycles. The SMILES string of the molecule is C#Cc1cccc(N(Cc2ccco2)C(=O)C(=O)c2cnn(CC)c2)c1. The van der Waals surface area contributed by atoms with Gasteiger partial charge in [-0.25, -0.2) is 0 Å². The van der Waals surface area contributed by atoms with Crippen LogP contribution in [-0.4, -0.2) is 21.5 Å². The summed E-state index contributed by atoms with van der Waals surface area (Å²) in [6, 6.07) is 10.4. The van der Waals surface area contributed by atoms with Crippen LogP contribution in [0.25, 0.3) is 0 Å². The number of amides is 1. The lowest BCUT2D eigenvalue weighted by Crippen LogP contribution is -2.36. The van der Waals surface area contributed by atoms with E-state index < -0.39 is 11.7 Å². The number of rotatable bonds is 6. The fourth-order valence-electron chi connectivity index (χ4n) is 2.50. The Hall–Kier alpha value is -3.59. The number of Topliss-reactive ketones (excluding diaryl/α,β-unsaturated/α-hetero) is 1. The zero-order chi connectivity index (χ0) is 18.5. The van der Waals surface area contributed by atoms with Gasteiger partial charge >= 0.3 is 0 Å². The molecule has 0 saturated heterocycles. The van der Waals surface area contributed by atoms with Crippen molar-refractivity contribution < 1.29 is 14.0 Å². The maximum absolute atomic E-state index is 12.9. The van der Waals surface area contributed by atoms with Crippen LogP contribution in [0.4, 0.5) is 5.69 Å². The van der Waals surface area contributed by atoms with E-state index in [2.05, 4.69) is 11.0 Å². The Morgan fingerprint density at radius 2 is 2.15 bits per heavy atom. The number of benzene rings is 1. The van der Waals surface area contributed by atoms with Gasteiger partial charge in [0.25, 0.3) is 11.7 Å². The van der Waals surface area contributed by atoms with Crippen molar-refractivity contribution in [1.82, 2.24) is 9.78 Å². The number of carbonyl (C=O) groups excluding carboxylic acids is 2. The summed E-state index contributed by atoms with van der Waals surface area (Å²) < 4.78 is 6.93. The molecule has 2 aromatic heterocycles. The van der Waals surface area contributed by atoms with Crippen LogP contribution in [0.15, 0.2) is 59.5 Å². The van der Waals surface area contributed by atoms with Crippen molar-refractivity contribution in [2.75, 3.05) is 4.90 Å². The van der Waals surface area contributed by atoms with Crippen molar-refractivity contribution in [3.05, 3.63) is 71.9 Å². The summed E-state index contributed by atoms with van der Waals surface area (Å²) in [7, 11) is 0. The molecule has 2 heterocycles. The highest BCUT2D eigenvalue weighted by molar-refractivity contribution is 6.47. The highest BCUT2D eigenvalue weighted by atomic mass is 16.3. The molecule has 0 bridgehead atoms. The molecule has 0 saturated carbocycles. The molecule has 1 aromatic carbocycles. The second-order valence-electron chi connectivity index (χ2n) is 5.58.